The highest BCUT2D eigenvalue weighted by Crippen LogP contribution is 2.17. The number of hydrogen-bond acceptors (Lipinski definition) is 2. The summed E-state index contributed by atoms with van der Waals surface area (Å²) < 4.78 is 26.8. The van der Waals surface area contributed by atoms with Crippen molar-refractivity contribution in [3.63, 3.8) is 0 Å². The Balaban J connectivity index is 1.78. The van der Waals surface area contributed by atoms with Gasteiger partial charge in [-0.1, -0.05) is 30.3 Å². The lowest BCUT2D eigenvalue weighted by molar-refractivity contribution is -0.116. The van der Waals surface area contributed by atoms with Crippen LogP contribution in [0.3, 0.4) is 0 Å². The molecule has 0 bridgehead atoms. The summed E-state index contributed by atoms with van der Waals surface area (Å²) in [5, 5.41) is 5.40. The molecule has 0 atom stereocenters. The first-order valence-corrected chi connectivity index (χ1v) is 7.07. The molecule has 5 heteroatoms. The van der Waals surface area contributed by atoms with Gasteiger partial charge in [-0.25, -0.2) is 8.78 Å². The molecule has 2 N–H and O–H groups in total. The fraction of sp³-hybridized carbons (Fsp3) is 0.235. The summed E-state index contributed by atoms with van der Waals surface area (Å²) in [7, 11) is 0. The average Bonchev–Trinajstić information content (AvgIpc) is 2.49. The van der Waals surface area contributed by atoms with Crippen LogP contribution < -0.4 is 10.6 Å². The molecule has 116 valence electrons. The molecule has 2 aromatic rings. The molecule has 0 aliphatic heterocycles. The molecule has 0 fully saturated rings. The molecule has 0 aliphatic carbocycles. The van der Waals surface area contributed by atoms with Crippen molar-refractivity contribution in [2.75, 3.05) is 11.9 Å². The molecule has 0 radical (unpaired) electrons. The van der Waals surface area contributed by atoms with Crippen LogP contribution in [0.5, 0.6) is 0 Å². The van der Waals surface area contributed by atoms with Crippen molar-refractivity contribution in [1.82, 2.24) is 5.32 Å². The minimum atomic E-state index is -0.777. The predicted octanol–water partition coefficient (Wildman–Crippen LogP) is 3.39. The van der Waals surface area contributed by atoms with E-state index in [4.69, 9.17) is 0 Å². The van der Waals surface area contributed by atoms with Gasteiger partial charge in [-0.3, -0.25) is 4.79 Å². The van der Waals surface area contributed by atoms with Crippen LogP contribution in [0, 0.1) is 18.6 Å². The number of benzene rings is 2. The molecule has 1 amide bonds. The van der Waals surface area contributed by atoms with Crippen LogP contribution in [0.4, 0.5) is 14.5 Å². The van der Waals surface area contributed by atoms with Crippen LogP contribution >= 0.6 is 0 Å². The Morgan fingerprint density at radius 1 is 1.05 bits per heavy atom. The van der Waals surface area contributed by atoms with Gasteiger partial charge in [0.15, 0.2) is 0 Å². The monoisotopic (exact) mass is 304 g/mol. The van der Waals surface area contributed by atoms with Gasteiger partial charge < -0.3 is 10.6 Å². The molecule has 0 aromatic heterocycles. The van der Waals surface area contributed by atoms with Gasteiger partial charge >= 0.3 is 0 Å². The second-order valence-electron chi connectivity index (χ2n) is 5.00. The second kappa shape index (κ2) is 7.66. The van der Waals surface area contributed by atoms with Crippen molar-refractivity contribution in [3.05, 3.63) is 65.2 Å². The number of halogens is 2. The smallest absolute Gasteiger partial charge is 0.225 e. The van der Waals surface area contributed by atoms with Crippen LogP contribution in [-0.4, -0.2) is 12.5 Å². The molecule has 0 unspecified atom stereocenters. The number of nitrogens with one attached hydrogen (secondary N) is 2. The van der Waals surface area contributed by atoms with Crippen molar-refractivity contribution in [2.24, 2.45) is 0 Å². The summed E-state index contributed by atoms with van der Waals surface area (Å²) in [6.45, 7) is 3.09. The van der Waals surface area contributed by atoms with Crippen molar-refractivity contribution < 1.29 is 13.6 Å². The van der Waals surface area contributed by atoms with E-state index in [0.717, 1.165) is 17.7 Å². The van der Waals surface area contributed by atoms with E-state index in [0.29, 0.717) is 13.1 Å². The number of amides is 1. The van der Waals surface area contributed by atoms with E-state index >= 15 is 0 Å². The van der Waals surface area contributed by atoms with Gasteiger partial charge in [0, 0.05) is 19.5 Å². The summed E-state index contributed by atoms with van der Waals surface area (Å²) >= 11 is 0. The molecule has 2 rings (SSSR count). The summed E-state index contributed by atoms with van der Waals surface area (Å²) in [6.07, 6.45) is 0.139. The molecule has 2 aromatic carbocycles. The molecular formula is C17H18F2N2O. The fourth-order valence-corrected chi connectivity index (χ4v) is 2.05. The van der Waals surface area contributed by atoms with Gasteiger partial charge in [-0.2, -0.15) is 0 Å². The van der Waals surface area contributed by atoms with Crippen LogP contribution in [-0.2, 0) is 11.3 Å². The minimum Gasteiger partial charge on any atom is -0.321 e. The second-order valence-corrected chi connectivity index (χ2v) is 5.00. The Kier molecular flexibility index (Phi) is 5.61. The van der Waals surface area contributed by atoms with Crippen molar-refractivity contribution in [2.45, 2.75) is 19.9 Å². The quantitative estimate of drug-likeness (QED) is 0.803. The highest BCUT2D eigenvalue weighted by atomic mass is 19.1. The predicted molar refractivity (Wildman–Crippen MR) is 82.5 cm³/mol. The first-order chi connectivity index (χ1) is 10.6. The number of anilines is 1. The minimum absolute atomic E-state index is 0.139. The number of aryl methyl sites for hydroxylation is 1. The van der Waals surface area contributed by atoms with Crippen molar-refractivity contribution >= 4 is 11.6 Å². The Labute approximate surface area is 128 Å². The fourth-order valence-electron chi connectivity index (χ4n) is 2.05. The van der Waals surface area contributed by atoms with Crippen LogP contribution in [0.2, 0.25) is 0 Å². The maximum Gasteiger partial charge on any atom is 0.225 e. The number of carbonyl (C=O) groups is 1. The highest BCUT2D eigenvalue weighted by Gasteiger charge is 2.11. The average molecular weight is 304 g/mol. The zero-order valence-electron chi connectivity index (χ0n) is 12.3. The van der Waals surface area contributed by atoms with Gasteiger partial charge in [0.1, 0.15) is 17.3 Å². The normalized spacial score (nSPS) is 10.5. The lowest BCUT2D eigenvalue weighted by atomic mass is 10.1. The van der Waals surface area contributed by atoms with E-state index in [9.17, 15) is 13.6 Å². The topological polar surface area (TPSA) is 41.1 Å². The molecule has 0 saturated carbocycles. The number of carbonyl (C=O) groups excluding carboxylic acids is 1. The number of rotatable bonds is 6. The number of para-hydroxylation sites is 1. The van der Waals surface area contributed by atoms with Crippen LogP contribution in [0.15, 0.2) is 42.5 Å². The zero-order valence-corrected chi connectivity index (χ0v) is 12.3. The van der Waals surface area contributed by atoms with Gasteiger partial charge in [0.05, 0.1) is 0 Å². The molecule has 0 saturated heterocycles. The maximum absolute atomic E-state index is 13.4. The third-order valence-electron chi connectivity index (χ3n) is 3.33. The third kappa shape index (κ3) is 4.36. The third-order valence-corrected chi connectivity index (χ3v) is 3.33. The van der Waals surface area contributed by atoms with E-state index in [-0.39, 0.29) is 6.42 Å². The summed E-state index contributed by atoms with van der Waals surface area (Å²) in [4.78, 5) is 11.7. The standard InChI is InChI=1S/C17H18F2N2O/c1-12-5-2-3-6-13(12)11-20-10-9-16(22)21-17-14(18)7-4-8-15(17)19/h2-8,20H,9-11H2,1H3,(H,21,22). The van der Waals surface area contributed by atoms with Crippen LogP contribution in [0.1, 0.15) is 17.5 Å². The summed E-state index contributed by atoms with van der Waals surface area (Å²) in [6, 6.07) is 11.4. The maximum atomic E-state index is 13.4. The van der Waals surface area contributed by atoms with E-state index in [1.54, 1.807) is 0 Å². The Morgan fingerprint density at radius 2 is 1.73 bits per heavy atom. The molecule has 0 heterocycles. The Hall–Kier alpha value is -2.27. The molecule has 0 spiro atoms. The molecule has 22 heavy (non-hydrogen) atoms. The summed E-state index contributed by atoms with van der Waals surface area (Å²) in [5.41, 5.74) is 1.93. The van der Waals surface area contributed by atoms with Crippen molar-refractivity contribution in [3.8, 4) is 0 Å². The SMILES string of the molecule is Cc1ccccc1CNCCC(=O)Nc1c(F)cccc1F. The van der Waals surface area contributed by atoms with Crippen molar-refractivity contribution in [1.29, 1.82) is 0 Å². The Bertz CT molecular complexity index is 639. The largest absolute Gasteiger partial charge is 0.321 e. The van der Waals surface area contributed by atoms with Gasteiger partial charge in [0.2, 0.25) is 5.91 Å². The van der Waals surface area contributed by atoms with Gasteiger partial charge in [-0.15, -0.1) is 0 Å². The van der Waals surface area contributed by atoms with E-state index in [2.05, 4.69) is 10.6 Å². The highest BCUT2D eigenvalue weighted by molar-refractivity contribution is 5.91. The number of hydrogen-bond donors (Lipinski definition) is 2. The Morgan fingerprint density at radius 3 is 2.41 bits per heavy atom. The van der Waals surface area contributed by atoms with E-state index < -0.39 is 23.2 Å². The van der Waals surface area contributed by atoms with Gasteiger partial charge in [0.25, 0.3) is 0 Å². The van der Waals surface area contributed by atoms with Gasteiger partial charge in [-0.05, 0) is 30.2 Å². The zero-order chi connectivity index (χ0) is 15.9. The lowest BCUT2D eigenvalue weighted by Gasteiger charge is -2.09. The lowest BCUT2D eigenvalue weighted by Crippen LogP contribution is -2.22. The molecule has 0 aliphatic rings. The first-order valence-electron chi connectivity index (χ1n) is 7.07. The van der Waals surface area contributed by atoms with Crippen LogP contribution in [0.25, 0.3) is 0 Å². The summed E-state index contributed by atoms with van der Waals surface area (Å²) in [5.74, 6) is -1.98. The molecular weight excluding hydrogens is 286 g/mol. The molecule has 3 nitrogen and oxygen atoms in total. The first kappa shape index (κ1) is 16.1. The van der Waals surface area contributed by atoms with E-state index in [1.165, 1.54) is 11.6 Å². The van der Waals surface area contributed by atoms with E-state index in [1.807, 2.05) is 31.2 Å².